The third kappa shape index (κ3) is 2.11. The molecule has 94 valence electrons. The number of pyridine rings is 1. The molecule has 0 aliphatic carbocycles. The second-order valence-corrected chi connectivity index (χ2v) is 5.15. The molecule has 3 rings (SSSR count). The summed E-state index contributed by atoms with van der Waals surface area (Å²) in [7, 11) is 1.40. The summed E-state index contributed by atoms with van der Waals surface area (Å²) < 4.78 is 5.84. The second kappa shape index (κ2) is 4.82. The first-order chi connectivity index (χ1) is 9.29. The first-order valence-electron chi connectivity index (χ1n) is 5.81. The molecule has 0 fully saturated rings. The van der Waals surface area contributed by atoms with Crippen molar-refractivity contribution in [2.24, 2.45) is 0 Å². The Morgan fingerprint density at radius 2 is 2.16 bits per heavy atom. The predicted octanol–water partition coefficient (Wildman–Crippen LogP) is 3.75. The number of hydrogen-bond acceptors (Lipinski definition) is 4. The molecule has 0 N–H and O–H groups in total. The summed E-state index contributed by atoms with van der Waals surface area (Å²) in [6, 6.07) is 11.8. The molecule has 0 aliphatic rings. The number of ether oxygens (including phenoxy) is 1. The Hall–Kier alpha value is -2.20. The number of esters is 1. The molecule has 2 aromatic heterocycles. The lowest BCUT2D eigenvalue weighted by atomic mass is 10.0. The lowest BCUT2D eigenvalue weighted by molar-refractivity contribution is 0.0606. The number of carbonyl (C=O) groups excluding carboxylic acids is 1. The molecule has 0 saturated heterocycles. The highest BCUT2D eigenvalue weighted by Gasteiger charge is 2.13. The predicted molar refractivity (Wildman–Crippen MR) is 76.4 cm³/mol. The first-order valence-corrected chi connectivity index (χ1v) is 6.62. The van der Waals surface area contributed by atoms with E-state index in [0.717, 1.165) is 21.2 Å². The van der Waals surface area contributed by atoms with Crippen molar-refractivity contribution in [2.45, 2.75) is 0 Å². The van der Waals surface area contributed by atoms with Gasteiger partial charge < -0.3 is 4.74 Å². The van der Waals surface area contributed by atoms with Gasteiger partial charge in [-0.3, -0.25) is 4.98 Å². The maximum absolute atomic E-state index is 11.6. The first kappa shape index (κ1) is 11.9. The standard InChI is InChI=1S/C15H11NO2S/c1-18-15(17)14-8-12-11(5-2-6-13(12)19-14)10-4-3-7-16-9-10/h2-9H,1H3. The van der Waals surface area contributed by atoms with Crippen molar-refractivity contribution in [1.29, 1.82) is 0 Å². The largest absolute Gasteiger partial charge is 0.465 e. The highest BCUT2D eigenvalue weighted by atomic mass is 32.1. The molecule has 0 aliphatic heterocycles. The number of rotatable bonds is 2. The molecular formula is C15H11NO2S. The number of hydrogen-bond donors (Lipinski definition) is 0. The number of nitrogens with zero attached hydrogens (tertiary/aromatic N) is 1. The maximum Gasteiger partial charge on any atom is 0.348 e. The lowest BCUT2D eigenvalue weighted by Gasteiger charge is -2.02. The van der Waals surface area contributed by atoms with Crippen molar-refractivity contribution in [3.8, 4) is 11.1 Å². The summed E-state index contributed by atoms with van der Waals surface area (Å²) in [5, 5.41) is 1.06. The van der Waals surface area contributed by atoms with Crippen LogP contribution in [0.25, 0.3) is 21.2 Å². The van der Waals surface area contributed by atoms with E-state index in [-0.39, 0.29) is 5.97 Å². The number of aromatic nitrogens is 1. The molecule has 3 nitrogen and oxygen atoms in total. The Morgan fingerprint density at radius 1 is 1.26 bits per heavy atom. The minimum absolute atomic E-state index is 0.293. The van der Waals surface area contributed by atoms with Gasteiger partial charge in [0.05, 0.1) is 7.11 Å². The van der Waals surface area contributed by atoms with E-state index in [0.29, 0.717) is 4.88 Å². The van der Waals surface area contributed by atoms with E-state index in [2.05, 4.69) is 4.98 Å². The molecule has 0 atom stereocenters. The molecule has 3 aromatic rings. The van der Waals surface area contributed by atoms with Crippen LogP contribution in [0.5, 0.6) is 0 Å². The summed E-state index contributed by atoms with van der Waals surface area (Å²) in [6.45, 7) is 0. The van der Waals surface area contributed by atoms with Gasteiger partial charge in [0.25, 0.3) is 0 Å². The zero-order valence-electron chi connectivity index (χ0n) is 10.3. The fraction of sp³-hybridized carbons (Fsp3) is 0.0667. The van der Waals surface area contributed by atoms with Gasteiger partial charge in [0.1, 0.15) is 4.88 Å². The minimum Gasteiger partial charge on any atom is -0.465 e. The van der Waals surface area contributed by atoms with Crippen molar-refractivity contribution >= 4 is 27.4 Å². The smallest absolute Gasteiger partial charge is 0.348 e. The monoisotopic (exact) mass is 269 g/mol. The average Bonchev–Trinajstić information content (AvgIpc) is 2.91. The van der Waals surface area contributed by atoms with Crippen LogP contribution in [0.1, 0.15) is 9.67 Å². The van der Waals surface area contributed by atoms with Crippen molar-refractivity contribution in [3.05, 3.63) is 53.7 Å². The van der Waals surface area contributed by atoms with Crippen LogP contribution >= 0.6 is 11.3 Å². The molecule has 0 spiro atoms. The molecule has 2 heterocycles. The van der Waals surface area contributed by atoms with Crippen molar-refractivity contribution < 1.29 is 9.53 Å². The highest BCUT2D eigenvalue weighted by molar-refractivity contribution is 7.20. The van der Waals surface area contributed by atoms with E-state index < -0.39 is 0 Å². The fourth-order valence-electron chi connectivity index (χ4n) is 2.04. The normalized spacial score (nSPS) is 10.6. The van der Waals surface area contributed by atoms with Crippen molar-refractivity contribution in [3.63, 3.8) is 0 Å². The van der Waals surface area contributed by atoms with Crippen molar-refractivity contribution in [1.82, 2.24) is 4.98 Å². The van der Waals surface area contributed by atoms with Crippen LogP contribution in [0.2, 0.25) is 0 Å². The zero-order valence-corrected chi connectivity index (χ0v) is 11.1. The van der Waals surface area contributed by atoms with Gasteiger partial charge in [-0.2, -0.15) is 0 Å². The Morgan fingerprint density at radius 3 is 2.89 bits per heavy atom. The molecule has 19 heavy (non-hydrogen) atoms. The summed E-state index contributed by atoms with van der Waals surface area (Å²) in [6.07, 6.45) is 3.57. The van der Waals surface area contributed by atoms with Gasteiger partial charge in [-0.05, 0) is 23.8 Å². The summed E-state index contributed by atoms with van der Waals surface area (Å²) >= 11 is 1.44. The van der Waals surface area contributed by atoms with Crippen LogP contribution in [0.4, 0.5) is 0 Å². The number of fused-ring (bicyclic) bond motifs is 1. The SMILES string of the molecule is COC(=O)c1cc2c(-c3cccnc3)cccc2s1. The molecule has 0 bridgehead atoms. The quantitative estimate of drug-likeness (QED) is 0.665. The zero-order chi connectivity index (χ0) is 13.2. The van der Waals surface area contributed by atoms with E-state index in [1.165, 1.54) is 18.4 Å². The van der Waals surface area contributed by atoms with Gasteiger partial charge in [0.15, 0.2) is 0 Å². The van der Waals surface area contributed by atoms with Crippen LogP contribution in [-0.2, 0) is 4.74 Å². The third-order valence-electron chi connectivity index (χ3n) is 2.92. The minimum atomic E-state index is -0.293. The number of methoxy groups -OCH3 is 1. The van der Waals surface area contributed by atoms with Gasteiger partial charge in [-0.15, -0.1) is 11.3 Å². The molecule has 0 unspecified atom stereocenters. The van der Waals surface area contributed by atoms with E-state index in [1.54, 1.807) is 6.20 Å². The van der Waals surface area contributed by atoms with Gasteiger partial charge in [0.2, 0.25) is 0 Å². The van der Waals surface area contributed by atoms with E-state index in [1.807, 2.05) is 42.6 Å². The van der Waals surface area contributed by atoms with Crippen LogP contribution < -0.4 is 0 Å². The van der Waals surface area contributed by atoms with Crippen LogP contribution in [0, 0.1) is 0 Å². The Kier molecular flexibility index (Phi) is 3.01. The average molecular weight is 269 g/mol. The summed E-state index contributed by atoms with van der Waals surface area (Å²) in [4.78, 5) is 16.4. The molecule has 1 aromatic carbocycles. The lowest BCUT2D eigenvalue weighted by Crippen LogP contribution is -1.96. The van der Waals surface area contributed by atoms with Gasteiger partial charge >= 0.3 is 5.97 Å². The molecule has 0 saturated carbocycles. The Balaban J connectivity index is 2.21. The van der Waals surface area contributed by atoms with Crippen LogP contribution in [0.3, 0.4) is 0 Å². The summed E-state index contributed by atoms with van der Waals surface area (Å²) in [5.74, 6) is -0.293. The fourth-order valence-corrected chi connectivity index (χ4v) is 3.04. The number of thiophene rings is 1. The molecule has 0 amide bonds. The topological polar surface area (TPSA) is 39.2 Å². The molecule has 4 heteroatoms. The van der Waals surface area contributed by atoms with Gasteiger partial charge in [0, 0.05) is 28.0 Å². The Bertz CT molecular complexity index is 734. The number of carbonyl (C=O) groups is 1. The maximum atomic E-state index is 11.6. The van der Waals surface area contributed by atoms with E-state index in [9.17, 15) is 4.79 Å². The van der Waals surface area contributed by atoms with Gasteiger partial charge in [-0.25, -0.2) is 4.79 Å². The Labute approximate surface area is 114 Å². The summed E-state index contributed by atoms with van der Waals surface area (Å²) in [5.41, 5.74) is 2.12. The van der Waals surface area contributed by atoms with Crippen LogP contribution in [0.15, 0.2) is 48.8 Å². The van der Waals surface area contributed by atoms with Gasteiger partial charge in [-0.1, -0.05) is 18.2 Å². The van der Waals surface area contributed by atoms with Crippen LogP contribution in [-0.4, -0.2) is 18.1 Å². The van der Waals surface area contributed by atoms with E-state index in [4.69, 9.17) is 4.74 Å². The number of benzene rings is 1. The third-order valence-corrected chi connectivity index (χ3v) is 4.00. The second-order valence-electron chi connectivity index (χ2n) is 4.06. The molecular weight excluding hydrogens is 258 g/mol. The molecule has 0 radical (unpaired) electrons. The highest BCUT2D eigenvalue weighted by Crippen LogP contribution is 2.34. The van der Waals surface area contributed by atoms with Crippen molar-refractivity contribution in [2.75, 3.05) is 7.11 Å². The van der Waals surface area contributed by atoms with E-state index >= 15 is 0 Å².